The Hall–Kier alpha value is -3.08. The Balaban J connectivity index is 1.36. The molecule has 1 saturated heterocycles. The van der Waals surface area contributed by atoms with Crippen LogP contribution in [-0.2, 0) is 27.4 Å². The summed E-state index contributed by atoms with van der Waals surface area (Å²) in [5, 5.41) is 21.8. The van der Waals surface area contributed by atoms with E-state index in [1.165, 1.54) is 11.8 Å². The number of carbonyl (C=O) groups excluding carboxylic acids is 1. The minimum atomic E-state index is -2.03. The van der Waals surface area contributed by atoms with Crippen molar-refractivity contribution < 1.29 is 29.3 Å². The monoisotopic (exact) mass is 699 g/mol. The maximum Gasteiger partial charge on any atom is 0.336 e. The molecule has 1 aliphatic heterocycles. The van der Waals surface area contributed by atoms with Gasteiger partial charge in [-0.05, 0) is 46.0 Å². The number of hydrogen-bond acceptors (Lipinski definition) is 6. The number of hydrogen-bond donors (Lipinski definition) is 3. The normalized spacial score (nSPS) is 19.8. The van der Waals surface area contributed by atoms with E-state index < -0.39 is 22.0 Å². The van der Waals surface area contributed by atoms with Crippen molar-refractivity contribution in [3.05, 3.63) is 125 Å². The van der Waals surface area contributed by atoms with E-state index in [2.05, 4.69) is 12.2 Å². The van der Waals surface area contributed by atoms with Crippen molar-refractivity contribution >= 4 is 58.4 Å². The molecule has 7 nitrogen and oxygen atoms in total. The van der Waals surface area contributed by atoms with Gasteiger partial charge in [-0.15, -0.1) is 11.8 Å². The van der Waals surface area contributed by atoms with Crippen molar-refractivity contribution in [1.82, 2.24) is 5.32 Å². The highest BCUT2D eigenvalue weighted by Crippen LogP contribution is 2.43. The van der Waals surface area contributed by atoms with Crippen molar-refractivity contribution in [3.63, 3.8) is 0 Å². The molecule has 1 fully saturated rings. The van der Waals surface area contributed by atoms with Crippen LogP contribution in [-0.4, -0.2) is 37.7 Å². The summed E-state index contributed by atoms with van der Waals surface area (Å²) in [4.78, 5) is 24.4. The van der Waals surface area contributed by atoms with Gasteiger partial charge in [0.05, 0.1) is 24.4 Å². The number of benzene rings is 4. The first kappa shape index (κ1) is 34.3. The highest BCUT2D eigenvalue weighted by molar-refractivity contribution is 7.99. The average molecular weight is 701 g/mol. The number of rotatable bonds is 10. The minimum Gasteiger partial charge on any atom is -0.478 e. The van der Waals surface area contributed by atoms with Gasteiger partial charge in [0, 0.05) is 28.7 Å². The Morgan fingerprint density at radius 2 is 1.54 bits per heavy atom. The summed E-state index contributed by atoms with van der Waals surface area (Å²) in [6.07, 6.45) is -1.23. The van der Waals surface area contributed by atoms with E-state index in [-0.39, 0.29) is 36.8 Å². The quantitative estimate of drug-likeness (QED) is 0.113. The van der Waals surface area contributed by atoms with Crippen LogP contribution in [0, 0.1) is 5.92 Å². The van der Waals surface area contributed by atoms with Crippen molar-refractivity contribution in [1.29, 1.82) is 0 Å². The third-order valence-corrected chi connectivity index (χ3v) is 9.47. The number of ether oxygens (including phenoxy) is 2. The Labute approximate surface area is 286 Å². The lowest BCUT2D eigenvalue weighted by Crippen LogP contribution is -2.38. The highest BCUT2D eigenvalue weighted by Gasteiger charge is 2.38. The van der Waals surface area contributed by atoms with Gasteiger partial charge in [-0.1, -0.05) is 121 Å². The van der Waals surface area contributed by atoms with Crippen LogP contribution < -0.4 is 5.32 Å². The topological polar surface area (TPSA) is 105 Å². The lowest BCUT2D eigenvalue weighted by atomic mass is 9.91. The molecule has 1 aliphatic rings. The molecular weight excluding hydrogens is 669 g/mol. The van der Waals surface area contributed by atoms with Crippen LogP contribution in [0.1, 0.15) is 51.9 Å². The van der Waals surface area contributed by atoms with E-state index in [0.717, 1.165) is 33.4 Å². The average Bonchev–Trinajstić information content (AvgIpc) is 3.06. The van der Waals surface area contributed by atoms with Gasteiger partial charge in [0.1, 0.15) is 0 Å². The zero-order chi connectivity index (χ0) is 32.8. The molecule has 1 heterocycles. The summed E-state index contributed by atoms with van der Waals surface area (Å²) in [5.41, 5.74) is 5.61. The number of nitrogens with one attached hydrogen (secondary N) is 1. The molecule has 0 bridgehead atoms. The number of carboxylic acids is 1. The predicted octanol–water partition coefficient (Wildman–Crippen LogP) is 8.11. The molecule has 4 unspecified atom stereocenters. The summed E-state index contributed by atoms with van der Waals surface area (Å²) >= 11 is 18.4. The highest BCUT2D eigenvalue weighted by atomic mass is 35.6. The maximum absolute atomic E-state index is 12.0. The molecule has 240 valence electrons. The van der Waals surface area contributed by atoms with Crippen molar-refractivity contribution in [2.45, 2.75) is 47.3 Å². The van der Waals surface area contributed by atoms with Crippen LogP contribution in [0.15, 0.2) is 102 Å². The van der Waals surface area contributed by atoms with Crippen LogP contribution >= 0.6 is 46.6 Å². The van der Waals surface area contributed by atoms with Gasteiger partial charge in [-0.3, -0.25) is 4.79 Å². The van der Waals surface area contributed by atoms with E-state index in [0.29, 0.717) is 10.6 Å². The van der Waals surface area contributed by atoms with E-state index >= 15 is 0 Å². The Morgan fingerprint density at radius 3 is 2.22 bits per heavy atom. The molecular formula is C35H32Cl3NO6S. The molecule has 0 aromatic heterocycles. The van der Waals surface area contributed by atoms with Crippen LogP contribution in [0.4, 0.5) is 0 Å². The Morgan fingerprint density at radius 1 is 0.848 bits per heavy atom. The number of aliphatic hydroxyl groups is 1. The molecule has 0 spiro atoms. The van der Waals surface area contributed by atoms with Gasteiger partial charge in [-0.25, -0.2) is 4.79 Å². The molecule has 0 saturated carbocycles. The number of aliphatic hydroxyl groups excluding tert-OH is 1. The van der Waals surface area contributed by atoms with E-state index in [1.54, 1.807) is 12.1 Å². The van der Waals surface area contributed by atoms with E-state index in [9.17, 15) is 19.8 Å². The standard InChI is InChI=1S/C35H32Cl3NO6S/c1-21-29(20-46-30-8-3-2-7-28(30)32(41)42)44-33(45-31(21)25-11-9-22(19-40)10-12-25)26-15-13-24(14-16-26)27-6-4-5-23(17-27)18-39-34(43)35(36,37)38/h2-17,21,29,31,33,40H,18-20H2,1H3,(H,39,43)(H,41,42). The zero-order valence-electron chi connectivity index (χ0n) is 24.7. The van der Waals surface area contributed by atoms with Crippen LogP contribution in [0.2, 0.25) is 0 Å². The summed E-state index contributed by atoms with van der Waals surface area (Å²) in [5.74, 6) is -1.19. The van der Waals surface area contributed by atoms with Gasteiger partial charge in [0.15, 0.2) is 6.29 Å². The first-order valence-corrected chi connectivity index (χ1v) is 16.7. The first-order valence-electron chi connectivity index (χ1n) is 14.5. The minimum absolute atomic E-state index is 0.0474. The second-order valence-corrected chi connectivity index (χ2v) is 14.3. The van der Waals surface area contributed by atoms with Crippen molar-refractivity contribution in [3.8, 4) is 11.1 Å². The SMILES string of the molecule is CC1C(CSc2ccccc2C(=O)O)OC(c2ccc(-c3cccc(CNC(=O)C(Cl)(Cl)Cl)c3)cc2)OC1c1ccc(CO)cc1. The third kappa shape index (κ3) is 8.44. The van der Waals surface area contributed by atoms with E-state index in [4.69, 9.17) is 44.3 Å². The number of halogens is 3. The van der Waals surface area contributed by atoms with E-state index in [1.807, 2.05) is 84.9 Å². The molecule has 4 aromatic rings. The third-order valence-electron chi connectivity index (χ3n) is 7.80. The predicted molar refractivity (Wildman–Crippen MR) is 181 cm³/mol. The number of amides is 1. The summed E-state index contributed by atoms with van der Waals surface area (Å²) < 4.78 is 11.1. The van der Waals surface area contributed by atoms with Crippen molar-refractivity contribution in [2.24, 2.45) is 5.92 Å². The number of thioether (sulfide) groups is 1. The van der Waals surface area contributed by atoms with Gasteiger partial charge in [0.2, 0.25) is 0 Å². The zero-order valence-corrected chi connectivity index (χ0v) is 27.8. The van der Waals surface area contributed by atoms with Gasteiger partial charge < -0.3 is 25.0 Å². The molecule has 46 heavy (non-hydrogen) atoms. The molecule has 11 heteroatoms. The second kappa shape index (κ2) is 15.2. The fourth-order valence-electron chi connectivity index (χ4n) is 5.23. The number of alkyl halides is 3. The van der Waals surface area contributed by atoms with Gasteiger partial charge in [-0.2, -0.15) is 0 Å². The molecule has 0 aliphatic carbocycles. The maximum atomic E-state index is 12.0. The first-order chi connectivity index (χ1) is 22.0. The number of carbonyl (C=O) groups is 2. The van der Waals surface area contributed by atoms with Crippen LogP contribution in [0.3, 0.4) is 0 Å². The fraction of sp³-hybridized carbons (Fsp3) is 0.257. The molecule has 4 atom stereocenters. The summed E-state index contributed by atoms with van der Waals surface area (Å²) in [6, 6.07) is 30.2. The lowest BCUT2D eigenvalue weighted by molar-refractivity contribution is -0.268. The molecule has 4 aromatic carbocycles. The Kier molecular flexibility index (Phi) is 11.3. The molecule has 1 amide bonds. The number of aromatic carboxylic acids is 1. The van der Waals surface area contributed by atoms with Gasteiger partial charge >= 0.3 is 5.97 Å². The molecule has 5 rings (SSSR count). The molecule has 0 radical (unpaired) electrons. The second-order valence-electron chi connectivity index (χ2n) is 10.9. The lowest BCUT2D eigenvalue weighted by Gasteiger charge is -2.41. The summed E-state index contributed by atoms with van der Waals surface area (Å²) in [6.45, 7) is 2.23. The fourth-order valence-corrected chi connectivity index (χ4v) is 6.64. The number of carboxylic acid groups (broad SMARTS) is 1. The smallest absolute Gasteiger partial charge is 0.336 e. The molecule has 3 N–H and O–H groups in total. The van der Waals surface area contributed by atoms with Crippen molar-refractivity contribution in [2.75, 3.05) is 5.75 Å². The largest absolute Gasteiger partial charge is 0.478 e. The van der Waals surface area contributed by atoms with Gasteiger partial charge in [0.25, 0.3) is 9.70 Å². The summed E-state index contributed by atoms with van der Waals surface area (Å²) in [7, 11) is 0. The Bertz CT molecular complexity index is 1660. The van der Waals surface area contributed by atoms with Crippen LogP contribution in [0.5, 0.6) is 0 Å². The van der Waals surface area contributed by atoms with Crippen LogP contribution in [0.25, 0.3) is 11.1 Å².